The van der Waals surface area contributed by atoms with Crippen molar-refractivity contribution >= 4 is 50.3 Å². The molecule has 1 atom stereocenters. The van der Waals surface area contributed by atoms with Crippen LogP contribution in [0.3, 0.4) is 0 Å². The van der Waals surface area contributed by atoms with E-state index in [-0.39, 0.29) is 23.7 Å². The zero-order valence-corrected chi connectivity index (χ0v) is 18.8. The quantitative estimate of drug-likeness (QED) is 0.291. The van der Waals surface area contributed by atoms with Crippen LogP contribution in [0.5, 0.6) is 0 Å². The molecule has 5 nitrogen and oxygen atoms in total. The van der Waals surface area contributed by atoms with Gasteiger partial charge in [-0.15, -0.1) is 0 Å². The molecule has 1 aliphatic carbocycles. The zero-order valence-electron chi connectivity index (χ0n) is 16.4. The number of hydrogen-bond donors (Lipinski definition) is 2. The Morgan fingerprint density at radius 1 is 1.50 bits per heavy atom. The lowest BCUT2D eigenvalue weighted by atomic mass is 10.1. The Bertz CT molecular complexity index is 1040. The van der Waals surface area contributed by atoms with Gasteiger partial charge in [-0.2, -0.15) is 5.26 Å². The molecular weight excluding hydrogens is 474 g/mol. The van der Waals surface area contributed by atoms with Gasteiger partial charge >= 0.3 is 6.03 Å². The maximum atomic E-state index is 14.0. The van der Waals surface area contributed by atoms with Gasteiger partial charge in [0.1, 0.15) is 23.4 Å². The lowest BCUT2D eigenvalue weighted by Gasteiger charge is -2.09. The number of carbonyl (C=O) groups is 1. The summed E-state index contributed by atoms with van der Waals surface area (Å²) in [6.45, 7) is 3.71. The SMILES string of the molecule is C/C=C\C(C#CC/C(C#N)=C(/Br)CC)NC(=O)Nc1nc2c(s1)C=C(F)CC=C2F. The standard InChI is InChI=1S/C21H19BrF2N4OS/c1-3-6-15(8-5-7-13(12-25)16(22)4-2)26-20(29)28-21-27-19-17(24)10-9-14(23)11-18(19)30-21/h3,6,10-11,15H,4,7,9H2,1-2H3,(H2,26,27,28,29)/b6-3-,16-13-. The number of anilines is 1. The van der Waals surface area contributed by atoms with Crippen molar-refractivity contribution in [1.82, 2.24) is 10.3 Å². The number of nitriles is 1. The molecule has 0 bridgehead atoms. The van der Waals surface area contributed by atoms with Crippen molar-refractivity contribution in [2.24, 2.45) is 0 Å². The van der Waals surface area contributed by atoms with Gasteiger partial charge < -0.3 is 5.32 Å². The Morgan fingerprint density at radius 2 is 2.27 bits per heavy atom. The molecule has 1 unspecified atom stereocenters. The van der Waals surface area contributed by atoms with Crippen molar-refractivity contribution in [3.05, 3.63) is 44.7 Å². The minimum Gasteiger partial charge on any atom is -0.321 e. The molecule has 1 aromatic heterocycles. The molecule has 2 N–H and O–H groups in total. The predicted octanol–water partition coefficient (Wildman–Crippen LogP) is 6.21. The second kappa shape index (κ2) is 11.4. The molecule has 1 aromatic rings. The topological polar surface area (TPSA) is 77.8 Å². The van der Waals surface area contributed by atoms with E-state index in [0.717, 1.165) is 21.9 Å². The molecule has 30 heavy (non-hydrogen) atoms. The van der Waals surface area contributed by atoms with Crippen LogP contribution in [0.1, 0.15) is 43.7 Å². The summed E-state index contributed by atoms with van der Waals surface area (Å²) in [6, 6.07) is 0.924. The molecule has 156 valence electrons. The van der Waals surface area contributed by atoms with Gasteiger partial charge in [0.25, 0.3) is 0 Å². The van der Waals surface area contributed by atoms with Crippen molar-refractivity contribution < 1.29 is 13.6 Å². The van der Waals surface area contributed by atoms with Gasteiger partial charge in [0.05, 0.1) is 16.5 Å². The van der Waals surface area contributed by atoms with E-state index in [1.807, 2.05) is 6.92 Å². The number of aromatic nitrogens is 1. The number of fused-ring (bicyclic) bond motifs is 1. The number of urea groups is 1. The van der Waals surface area contributed by atoms with E-state index >= 15 is 0 Å². The minimum atomic E-state index is -0.629. The fourth-order valence-electron chi connectivity index (χ4n) is 2.40. The lowest BCUT2D eigenvalue weighted by molar-refractivity contribution is 0.251. The third-order valence-electron chi connectivity index (χ3n) is 3.83. The normalized spacial score (nSPS) is 14.8. The molecule has 2 amide bonds. The average molecular weight is 493 g/mol. The summed E-state index contributed by atoms with van der Waals surface area (Å²) in [5.41, 5.74) is 0.540. The highest BCUT2D eigenvalue weighted by Crippen LogP contribution is 2.34. The van der Waals surface area contributed by atoms with Crippen LogP contribution in [0.15, 0.2) is 34.1 Å². The highest BCUT2D eigenvalue weighted by molar-refractivity contribution is 9.11. The minimum absolute atomic E-state index is 0.00469. The van der Waals surface area contributed by atoms with E-state index < -0.39 is 23.7 Å². The summed E-state index contributed by atoms with van der Waals surface area (Å²) in [5, 5.41) is 14.5. The van der Waals surface area contributed by atoms with Crippen LogP contribution in [0, 0.1) is 23.2 Å². The van der Waals surface area contributed by atoms with Crippen molar-refractivity contribution in [3.8, 4) is 17.9 Å². The first-order valence-electron chi connectivity index (χ1n) is 9.07. The Labute approximate surface area is 186 Å². The number of hydrogen-bond acceptors (Lipinski definition) is 4. The van der Waals surface area contributed by atoms with E-state index in [2.05, 4.69) is 49.5 Å². The molecule has 0 saturated carbocycles. The fraction of sp³-hybridized carbons (Fsp3) is 0.286. The summed E-state index contributed by atoms with van der Waals surface area (Å²) < 4.78 is 28.4. The van der Waals surface area contributed by atoms with Gasteiger partial charge in [-0.05, 0) is 25.5 Å². The molecule has 0 radical (unpaired) electrons. The van der Waals surface area contributed by atoms with Crippen molar-refractivity contribution in [2.75, 3.05) is 5.32 Å². The molecule has 0 aliphatic heterocycles. The van der Waals surface area contributed by atoms with Gasteiger partial charge in [0.2, 0.25) is 0 Å². The Hall–Kier alpha value is -2.75. The first kappa shape index (κ1) is 23.5. The first-order valence-corrected chi connectivity index (χ1v) is 10.7. The number of rotatable bonds is 5. The molecule has 0 aromatic carbocycles. The number of carbonyl (C=O) groups excluding carboxylic acids is 1. The van der Waals surface area contributed by atoms with Crippen LogP contribution in [0.4, 0.5) is 18.7 Å². The fourth-order valence-corrected chi connectivity index (χ4v) is 3.54. The molecule has 1 heterocycles. The number of allylic oxidation sites excluding steroid dienone is 5. The highest BCUT2D eigenvalue weighted by atomic mass is 79.9. The Kier molecular flexibility index (Phi) is 8.97. The summed E-state index contributed by atoms with van der Waals surface area (Å²) >= 11 is 4.32. The largest absolute Gasteiger partial charge is 0.322 e. The summed E-state index contributed by atoms with van der Waals surface area (Å²) in [5.74, 6) is 4.67. The van der Waals surface area contributed by atoms with Crippen LogP contribution >= 0.6 is 27.3 Å². The molecular formula is C21H19BrF2N4OS. The van der Waals surface area contributed by atoms with Crippen molar-refractivity contribution in [2.45, 2.75) is 39.2 Å². The smallest absolute Gasteiger partial charge is 0.321 e. The molecule has 0 spiro atoms. The van der Waals surface area contributed by atoms with E-state index in [4.69, 9.17) is 5.26 Å². The van der Waals surface area contributed by atoms with Crippen LogP contribution in [0.2, 0.25) is 0 Å². The van der Waals surface area contributed by atoms with Crippen LogP contribution in [0.25, 0.3) is 11.9 Å². The number of thiazole rings is 1. The lowest BCUT2D eigenvalue weighted by Crippen LogP contribution is -2.36. The Balaban J connectivity index is 2.07. The van der Waals surface area contributed by atoms with Gasteiger partial charge in [0.15, 0.2) is 5.13 Å². The van der Waals surface area contributed by atoms with Crippen molar-refractivity contribution in [3.63, 3.8) is 0 Å². The average Bonchev–Trinajstić information content (AvgIpc) is 3.04. The molecule has 1 aliphatic rings. The number of amides is 2. The van der Waals surface area contributed by atoms with Gasteiger partial charge in [-0.25, -0.2) is 18.6 Å². The van der Waals surface area contributed by atoms with E-state index in [9.17, 15) is 13.6 Å². The maximum Gasteiger partial charge on any atom is 0.322 e. The number of nitrogens with one attached hydrogen (secondary N) is 2. The number of nitrogens with zero attached hydrogens (tertiary/aromatic N) is 2. The van der Waals surface area contributed by atoms with E-state index in [1.165, 1.54) is 6.08 Å². The van der Waals surface area contributed by atoms with Crippen molar-refractivity contribution in [1.29, 1.82) is 5.26 Å². The maximum absolute atomic E-state index is 14.0. The highest BCUT2D eigenvalue weighted by Gasteiger charge is 2.19. The van der Waals surface area contributed by atoms with Gasteiger partial charge in [-0.3, -0.25) is 5.32 Å². The van der Waals surface area contributed by atoms with Crippen LogP contribution in [-0.2, 0) is 0 Å². The second-order valence-electron chi connectivity index (χ2n) is 6.03. The number of halogens is 3. The molecule has 0 fully saturated rings. The van der Waals surface area contributed by atoms with Crippen LogP contribution < -0.4 is 10.6 Å². The first-order chi connectivity index (χ1) is 14.4. The Morgan fingerprint density at radius 3 is 2.93 bits per heavy atom. The molecule has 0 saturated heterocycles. The van der Waals surface area contributed by atoms with E-state index in [1.54, 1.807) is 19.1 Å². The monoisotopic (exact) mass is 492 g/mol. The zero-order chi connectivity index (χ0) is 22.1. The molecule has 9 heteroatoms. The summed E-state index contributed by atoms with van der Waals surface area (Å²) in [6.07, 6.45) is 6.57. The van der Waals surface area contributed by atoms with Gasteiger partial charge in [-0.1, -0.05) is 58.2 Å². The predicted molar refractivity (Wildman–Crippen MR) is 120 cm³/mol. The third kappa shape index (κ3) is 6.65. The summed E-state index contributed by atoms with van der Waals surface area (Å²) in [4.78, 5) is 16.6. The van der Waals surface area contributed by atoms with Crippen LogP contribution in [-0.4, -0.2) is 17.1 Å². The second-order valence-corrected chi connectivity index (χ2v) is 8.02. The van der Waals surface area contributed by atoms with E-state index in [0.29, 0.717) is 16.9 Å². The summed E-state index contributed by atoms with van der Waals surface area (Å²) in [7, 11) is 0. The third-order valence-corrected chi connectivity index (χ3v) is 5.79. The molecule has 2 rings (SSSR count). The van der Waals surface area contributed by atoms with Gasteiger partial charge in [0, 0.05) is 17.3 Å².